The lowest BCUT2D eigenvalue weighted by molar-refractivity contribution is 0.106. The van der Waals surface area contributed by atoms with E-state index < -0.39 is 0 Å². The molecule has 14 heavy (non-hydrogen) atoms. The molecule has 1 aromatic heterocycles. The SMILES string of the molecule is CNC(CCC(C)OC)c1cccs1. The van der Waals surface area contributed by atoms with E-state index in [1.165, 1.54) is 4.88 Å². The second-order valence-electron chi connectivity index (χ2n) is 3.48. The molecule has 0 amide bonds. The van der Waals surface area contributed by atoms with E-state index in [4.69, 9.17) is 4.74 Å². The second-order valence-corrected chi connectivity index (χ2v) is 4.46. The average molecular weight is 213 g/mol. The Kier molecular flexibility index (Phi) is 5.15. The van der Waals surface area contributed by atoms with Crippen molar-refractivity contribution in [3.05, 3.63) is 22.4 Å². The van der Waals surface area contributed by atoms with Crippen molar-refractivity contribution in [1.82, 2.24) is 5.32 Å². The fourth-order valence-corrected chi connectivity index (χ4v) is 2.31. The van der Waals surface area contributed by atoms with Crippen molar-refractivity contribution >= 4 is 11.3 Å². The minimum absolute atomic E-state index is 0.353. The van der Waals surface area contributed by atoms with Gasteiger partial charge in [-0.15, -0.1) is 11.3 Å². The Morgan fingerprint density at radius 1 is 1.50 bits per heavy atom. The largest absolute Gasteiger partial charge is 0.382 e. The summed E-state index contributed by atoms with van der Waals surface area (Å²) in [6.07, 6.45) is 2.58. The van der Waals surface area contributed by atoms with Gasteiger partial charge >= 0.3 is 0 Å². The summed E-state index contributed by atoms with van der Waals surface area (Å²) in [5.41, 5.74) is 0. The van der Waals surface area contributed by atoms with E-state index in [-0.39, 0.29) is 0 Å². The third kappa shape index (κ3) is 3.40. The van der Waals surface area contributed by atoms with Gasteiger partial charge in [0.05, 0.1) is 6.10 Å². The molecule has 80 valence electrons. The fraction of sp³-hybridized carbons (Fsp3) is 0.636. The van der Waals surface area contributed by atoms with Crippen LogP contribution in [0.5, 0.6) is 0 Å². The average Bonchev–Trinajstić information content (AvgIpc) is 2.72. The van der Waals surface area contributed by atoms with Crippen LogP contribution in [0, 0.1) is 0 Å². The van der Waals surface area contributed by atoms with Crippen molar-refractivity contribution in [2.24, 2.45) is 0 Å². The van der Waals surface area contributed by atoms with Gasteiger partial charge in [0, 0.05) is 18.0 Å². The van der Waals surface area contributed by atoms with Gasteiger partial charge in [0.15, 0.2) is 0 Å². The maximum Gasteiger partial charge on any atom is 0.0543 e. The van der Waals surface area contributed by atoms with Crippen molar-refractivity contribution in [3.63, 3.8) is 0 Å². The first-order chi connectivity index (χ1) is 6.77. The van der Waals surface area contributed by atoms with Crippen LogP contribution in [-0.4, -0.2) is 20.3 Å². The molecule has 0 bridgehead atoms. The predicted molar refractivity (Wildman–Crippen MR) is 61.8 cm³/mol. The molecule has 1 heterocycles. The molecule has 2 unspecified atom stereocenters. The molecular formula is C11H19NOS. The summed E-state index contributed by atoms with van der Waals surface area (Å²) in [4.78, 5) is 1.41. The standard InChI is InChI=1S/C11H19NOS/c1-9(13-3)6-7-10(12-2)11-5-4-8-14-11/h4-5,8-10,12H,6-7H2,1-3H3. The Balaban J connectivity index is 2.40. The molecule has 1 N–H and O–H groups in total. The highest BCUT2D eigenvalue weighted by molar-refractivity contribution is 7.10. The van der Waals surface area contributed by atoms with Gasteiger partial charge < -0.3 is 10.1 Å². The molecule has 2 nitrogen and oxygen atoms in total. The molecule has 0 aromatic carbocycles. The number of rotatable bonds is 6. The first kappa shape index (κ1) is 11.7. The molecule has 3 heteroatoms. The summed E-state index contributed by atoms with van der Waals surface area (Å²) in [6.45, 7) is 2.11. The van der Waals surface area contributed by atoms with Gasteiger partial charge in [-0.25, -0.2) is 0 Å². The van der Waals surface area contributed by atoms with E-state index in [2.05, 4.69) is 29.8 Å². The number of methoxy groups -OCH3 is 1. The van der Waals surface area contributed by atoms with Crippen LogP contribution in [0.25, 0.3) is 0 Å². The van der Waals surface area contributed by atoms with Crippen LogP contribution < -0.4 is 5.32 Å². The van der Waals surface area contributed by atoms with Gasteiger partial charge in [0.2, 0.25) is 0 Å². The topological polar surface area (TPSA) is 21.3 Å². The third-order valence-corrected chi connectivity index (χ3v) is 3.49. The van der Waals surface area contributed by atoms with Gasteiger partial charge in [-0.3, -0.25) is 0 Å². The zero-order chi connectivity index (χ0) is 10.4. The molecule has 0 fully saturated rings. The molecule has 0 aliphatic rings. The third-order valence-electron chi connectivity index (χ3n) is 2.50. The molecule has 1 aromatic rings. The second kappa shape index (κ2) is 6.17. The molecule has 2 atom stereocenters. The van der Waals surface area contributed by atoms with Crippen LogP contribution in [0.3, 0.4) is 0 Å². The van der Waals surface area contributed by atoms with E-state index in [1.54, 1.807) is 7.11 Å². The summed E-state index contributed by atoms with van der Waals surface area (Å²) in [5, 5.41) is 5.46. The summed E-state index contributed by atoms with van der Waals surface area (Å²) < 4.78 is 5.24. The Hall–Kier alpha value is -0.380. The number of hydrogen-bond donors (Lipinski definition) is 1. The number of thiophene rings is 1. The molecule has 1 rings (SSSR count). The summed E-state index contributed by atoms with van der Waals surface area (Å²) in [6, 6.07) is 4.76. The van der Waals surface area contributed by atoms with Crippen LogP contribution in [0.4, 0.5) is 0 Å². The molecule has 0 aliphatic heterocycles. The van der Waals surface area contributed by atoms with Crippen LogP contribution >= 0.6 is 11.3 Å². The smallest absolute Gasteiger partial charge is 0.0543 e. The van der Waals surface area contributed by atoms with Gasteiger partial charge in [0.25, 0.3) is 0 Å². The van der Waals surface area contributed by atoms with Crippen molar-refractivity contribution in [1.29, 1.82) is 0 Å². The van der Waals surface area contributed by atoms with E-state index in [0.29, 0.717) is 12.1 Å². The predicted octanol–water partition coefficient (Wildman–Crippen LogP) is 2.82. The molecule has 0 aliphatic carbocycles. The first-order valence-electron chi connectivity index (χ1n) is 5.01. The monoisotopic (exact) mass is 213 g/mol. The van der Waals surface area contributed by atoms with Crippen molar-refractivity contribution < 1.29 is 4.74 Å². The molecule has 0 spiro atoms. The lowest BCUT2D eigenvalue weighted by Crippen LogP contribution is -2.17. The van der Waals surface area contributed by atoms with E-state index in [9.17, 15) is 0 Å². The van der Waals surface area contributed by atoms with Gasteiger partial charge in [0.1, 0.15) is 0 Å². The van der Waals surface area contributed by atoms with Crippen molar-refractivity contribution in [2.45, 2.75) is 31.9 Å². The summed E-state index contributed by atoms with van der Waals surface area (Å²) >= 11 is 1.81. The van der Waals surface area contributed by atoms with E-state index in [0.717, 1.165) is 12.8 Å². The Morgan fingerprint density at radius 2 is 2.29 bits per heavy atom. The van der Waals surface area contributed by atoms with Crippen LogP contribution in [0.1, 0.15) is 30.7 Å². The van der Waals surface area contributed by atoms with Crippen LogP contribution in [0.2, 0.25) is 0 Å². The van der Waals surface area contributed by atoms with E-state index in [1.807, 2.05) is 18.4 Å². The maximum absolute atomic E-state index is 5.24. The summed E-state index contributed by atoms with van der Waals surface area (Å²) in [7, 11) is 3.78. The molecular weight excluding hydrogens is 194 g/mol. The minimum Gasteiger partial charge on any atom is -0.382 e. The molecule has 0 saturated carbocycles. The molecule has 0 saturated heterocycles. The Labute approximate surface area is 90.3 Å². The fourth-order valence-electron chi connectivity index (χ4n) is 1.44. The first-order valence-corrected chi connectivity index (χ1v) is 5.89. The van der Waals surface area contributed by atoms with Gasteiger partial charge in [-0.2, -0.15) is 0 Å². The highest BCUT2D eigenvalue weighted by atomic mass is 32.1. The zero-order valence-corrected chi connectivity index (χ0v) is 9.93. The van der Waals surface area contributed by atoms with Crippen LogP contribution in [-0.2, 0) is 4.74 Å². The Morgan fingerprint density at radius 3 is 2.79 bits per heavy atom. The highest BCUT2D eigenvalue weighted by Gasteiger charge is 2.11. The number of hydrogen-bond acceptors (Lipinski definition) is 3. The minimum atomic E-state index is 0.353. The lowest BCUT2D eigenvalue weighted by Gasteiger charge is -2.16. The number of nitrogens with one attached hydrogen (secondary N) is 1. The highest BCUT2D eigenvalue weighted by Crippen LogP contribution is 2.23. The molecule has 0 radical (unpaired) electrons. The van der Waals surface area contributed by atoms with E-state index >= 15 is 0 Å². The quantitative estimate of drug-likeness (QED) is 0.784. The van der Waals surface area contributed by atoms with Crippen LogP contribution in [0.15, 0.2) is 17.5 Å². The zero-order valence-electron chi connectivity index (χ0n) is 9.12. The normalized spacial score (nSPS) is 15.4. The van der Waals surface area contributed by atoms with Gasteiger partial charge in [-0.05, 0) is 38.3 Å². The van der Waals surface area contributed by atoms with Gasteiger partial charge in [-0.1, -0.05) is 6.07 Å². The summed E-state index contributed by atoms with van der Waals surface area (Å²) in [5.74, 6) is 0. The lowest BCUT2D eigenvalue weighted by atomic mass is 10.1. The Bertz CT molecular complexity index is 235. The maximum atomic E-state index is 5.24. The van der Waals surface area contributed by atoms with Crippen molar-refractivity contribution in [2.75, 3.05) is 14.2 Å². The van der Waals surface area contributed by atoms with Crippen molar-refractivity contribution in [3.8, 4) is 0 Å². The number of ether oxygens (including phenoxy) is 1.